The van der Waals surface area contributed by atoms with Gasteiger partial charge in [-0.1, -0.05) is 45.2 Å². The molecule has 0 unspecified atom stereocenters. The predicted octanol–water partition coefficient (Wildman–Crippen LogP) is 5.55. The van der Waals surface area contributed by atoms with Gasteiger partial charge in [-0.15, -0.1) is 0 Å². The van der Waals surface area contributed by atoms with E-state index < -0.39 is 0 Å². The van der Waals surface area contributed by atoms with Crippen molar-refractivity contribution in [3.05, 3.63) is 67.1 Å². The minimum absolute atomic E-state index is 0.179. The first-order valence-electron chi connectivity index (χ1n) is 9.21. The summed E-state index contributed by atoms with van der Waals surface area (Å²) in [6, 6.07) is 11.2. The van der Waals surface area contributed by atoms with Crippen molar-refractivity contribution in [2.24, 2.45) is 5.10 Å². The Hall–Kier alpha value is -1.99. The fraction of sp³-hybridized carbons (Fsp3) is 0.286. The zero-order valence-electron chi connectivity index (χ0n) is 15.8. The van der Waals surface area contributed by atoms with Crippen LogP contribution in [0, 0.1) is 0 Å². The molecule has 0 spiro atoms. The van der Waals surface area contributed by atoms with E-state index in [0.29, 0.717) is 35.5 Å². The molecule has 0 radical (unpaired) electrons. The lowest BCUT2D eigenvalue weighted by atomic mass is 10.2. The van der Waals surface area contributed by atoms with Crippen molar-refractivity contribution in [1.82, 2.24) is 9.66 Å². The molecule has 7 heteroatoms. The van der Waals surface area contributed by atoms with Crippen molar-refractivity contribution >= 4 is 49.0 Å². The average Bonchev–Trinajstić information content (AvgIpc) is 2.68. The van der Waals surface area contributed by atoms with Crippen molar-refractivity contribution in [2.45, 2.75) is 33.1 Å². The number of ether oxygens (including phenoxy) is 1. The number of hydrogen-bond acceptors (Lipinski definition) is 4. The molecule has 3 rings (SSSR count). The fourth-order valence-electron chi connectivity index (χ4n) is 2.84. The SMILES string of the molecule is CCCCc1nc2ccc(Br)cc2c(=O)n1N=Cc1cc(Br)ccc1OCC. The van der Waals surface area contributed by atoms with Crippen molar-refractivity contribution in [1.29, 1.82) is 0 Å². The van der Waals surface area contributed by atoms with Gasteiger partial charge in [-0.05, 0) is 49.7 Å². The molecule has 5 nitrogen and oxygen atoms in total. The maximum Gasteiger partial charge on any atom is 0.282 e. The van der Waals surface area contributed by atoms with Gasteiger partial charge in [0.2, 0.25) is 0 Å². The van der Waals surface area contributed by atoms with E-state index in [1.807, 2.05) is 37.3 Å². The van der Waals surface area contributed by atoms with Gasteiger partial charge in [0, 0.05) is 20.9 Å². The standard InChI is InChI=1S/C21H21Br2N3O2/c1-3-5-6-20-25-18-9-7-16(23)12-17(18)21(27)26(20)24-13-14-11-15(22)8-10-19(14)28-4-2/h7-13H,3-6H2,1-2H3. The van der Waals surface area contributed by atoms with Gasteiger partial charge in [-0.3, -0.25) is 4.79 Å². The van der Waals surface area contributed by atoms with Crippen LogP contribution in [-0.4, -0.2) is 22.5 Å². The van der Waals surface area contributed by atoms with Crippen molar-refractivity contribution in [2.75, 3.05) is 6.61 Å². The number of nitrogens with zero attached hydrogens (tertiary/aromatic N) is 3. The Kier molecular flexibility index (Phi) is 7.02. The molecule has 0 saturated carbocycles. The largest absolute Gasteiger partial charge is 0.493 e. The van der Waals surface area contributed by atoms with Gasteiger partial charge in [0.1, 0.15) is 11.6 Å². The Morgan fingerprint density at radius 3 is 2.64 bits per heavy atom. The van der Waals surface area contributed by atoms with E-state index in [0.717, 1.165) is 27.4 Å². The molecule has 0 fully saturated rings. The third-order valence-corrected chi connectivity index (χ3v) is 5.20. The summed E-state index contributed by atoms with van der Waals surface area (Å²) in [5.41, 5.74) is 1.30. The Morgan fingerprint density at radius 1 is 1.14 bits per heavy atom. The minimum Gasteiger partial charge on any atom is -0.493 e. The zero-order chi connectivity index (χ0) is 20.1. The number of rotatable bonds is 7. The molecule has 0 aliphatic carbocycles. The Labute approximate surface area is 180 Å². The van der Waals surface area contributed by atoms with Gasteiger partial charge in [-0.2, -0.15) is 9.78 Å². The molecule has 0 N–H and O–H groups in total. The molecular weight excluding hydrogens is 486 g/mol. The Bertz CT molecular complexity index is 1080. The maximum atomic E-state index is 13.1. The monoisotopic (exact) mass is 505 g/mol. The highest BCUT2D eigenvalue weighted by Crippen LogP contribution is 2.22. The highest BCUT2D eigenvalue weighted by molar-refractivity contribution is 9.10. The summed E-state index contributed by atoms with van der Waals surface area (Å²) >= 11 is 6.90. The number of aromatic nitrogens is 2. The number of hydrogen-bond donors (Lipinski definition) is 0. The van der Waals surface area contributed by atoms with Gasteiger partial charge < -0.3 is 4.74 Å². The summed E-state index contributed by atoms with van der Waals surface area (Å²) in [7, 11) is 0. The van der Waals surface area contributed by atoms with Crippen LogP contribution in [0.25, 0.3) is 10.9 Å². The molecular formula is C21H21Br2N3O2. The summed E-state index contributed by atoms with van der Waals surface area (Å²) in [6.45, 7) is 4.59. The van der Waals surface area contributed by atoms with Crippen molar-refractivity contribution < 1.29 is 4.74 Å². The van der Waals surface area contributed by atoms with Gasteiger partial charge >= 0.3 is 0 Å². The van der Waals surface area contributed by atoms with Crippen LogP contribution in [0.4, 0.5) is 0 Å². The summed E-state index contributed by atoms with van der Waals surface area (Å²) in [6.07, 6.45) is 4.28. The molecule has 2 aromatic carbocycles. The third kappa shape index (κ3) is 4.70. The normalized spacial score (nSPS) is 11.4. The molecule has 0 saturated heterocycles. The van der Waals surface area contributed by atoms with Crippen LogP contribution < -0.4 is 10.3 Å². The van der Waals surface area contributed by atoms with Crippen LogP contribution >= 0.6 is 31.9 Å². The zero-order valence-corrected chi connectivity index (χ0v) is 19.0. The first-order valence-corrected chi connectivity index (χ1v) is 10.8. The predicted molar refractivity (Wildman–Crippen MR) is 121 cm³/mol. The van der Waals surface area contributed by atoms with Crippen LogP contribution in [0.1, 0.15) is 38.1 Å². The molecule has 1 heterocycles. The van der Waals surface area contributed by atoms with E-state index >= 15 is 0 Å². The Balaban J connectivity index is 2.13. The van der Waals surface area contributed by atoms with Crippen LogP contribution in [0.3, 0.4) is 0 Å². The first-order chi connectivity index (χ1) is 13.5. The Morgan fingerprint density at radius 2 is 1.89 bits per heavy atom. The van der Waals surface area contributed by atoms with E-state index in [1.54, 1.807) is 12.3 Å². The highest BCUT2D eigenvalue weighted by atomic mass is 79.9. The fourth-order valence-corrected chi connectivity index (χ4v) is 3.58. The summed E-state index contributed by atoms with van der Waals surface area (Å²) in [5, 5.41) is 5.03. The lowest BCUT2D eigenvalue weighted by molar-refractivity contribution is 0.339. The lowest BCUT2D eigenvalue weighted by Gasteiger charge is -2.10. The summed E-state index contributed by atoms with van der Waals surface area (Å²) in [5.74, 6) is 1.37. The molecule has 3 aromatic rings. The summed E-state index contributed by atoms with van der Waals surface area (Å²) in [4.78, 5) is 17.8. The molecule has 0 amide bonds. The van der Waals surface area contributed by atoms with E-state index in [4.69, 9.17) is 9.72 Å². The molecule has 146 valence electrons. The lowest BCUT2D eigenvalue weighted by Crippen LogP contribution is -2.22. The smallest absolute Gasteiger partial charge is 0.282 e. The van der Waals surface area contributed by atoms with E-state index in [2.05, 4.69) is 43.9 Å². The van der Waals surface area contributed by atoms with Crippen molar-refractivity contribution in [3.8, 4) is 5.75 Å². The van der Waals surface area contributed by atoms with Crippen LogP contribution in [-0.2, 0) is 6.42 Å². The van der Waals surface area contributed by atoms with Gasteiger partial charge in [0.05, 0.1) is 23.7 Å². The molecule has 0 aliphatic heterocycles. The van der Waals surface area contributed by atoms with Crippen LogP contribution in [0.5, 0.6) is 5.75 Å². The molecule has 0 atom stereocenters. The van der Waals surface area contributed by atoms with E-state index in [1.165, 1.54) is 4.68 Å². The quantitative estimate of drug-likeness (QED) is 0.395. The third-order valence-electron chi connectivity index (χ3n) is 4.21. The maximum absolute atomic E-state index is 13.1. The minimum atomic E-state index is -0.179. The second kappa shape index (κ2) is 9.47. The topological polar surface area (TPSA) is 56.5 Å². The number of halogens is 2. The van der Waals surface area contributed by atoms with E-state index in [-0.39, 0.29) is 5.56 Å². The van der Waals surface area contributed by atoms with Gasteiger partial charge in [0.15, 0.2) is 0 Å². The van der Waals surface area contributed by atoms with E-state index in [9.17, 15) is 4.79 Å². The van der Waals surface area contributed by atoms with Crippen LogP contribution in [0.2, 0.25) is 0 Å². The van der Waals surface area contributed by atoms with Crippen LogP contribution in [0.15, 0.2) is 55.2 Å². The molecule has 0 bridgehead atoms. The number of unbranched alkanes of at least 4 members (excludes halogenated alkanes) is 1. The van der Waals surface area contributed by atoms with Crippen molar-refractivity contribution in [3.63, 3.8) is 0 Å². The second-order valence-corrected chi connectivity index (χ2v) is 8.10. The molecule has 0 aliphatic rings. The summed E-state index contributed by atoms with van der Waals surface area (Å²) < 4.78 is 8.82. The number of aryl methyl sites for hydroxylation is 1. The molecule has 28 heavy (non-hydrogen) atoms. The van der Waals surface area contributed by atoms with Gasteiger partial charge in [-0.25, -0.2) is 4.98 Å². The second-order valence-electron chi connectivity index (χ2n) is 6.27. The average molecular weight is 507 g/mol. The number of benzene rings is 2. The highest BCUT2D eigenvalue weighted by Gasteiger charge is 2.11. The van der Waals surface area contributed by atoms with Gasteiger partial charge in [0.25, 0.3) is 5.56 Å². The molecule has 1 aromatic heterocycles. The number of fused-ring (bicyclic) bond motifs is 1. The first kappa shape index (κ1) is 20.7.